The van der Waals surface area contributed by atoms with Gasteiger partial charge in [0.15, 0.2) is 0 Å². The number of carbonyl (C=O) groups is 3. The molecule has 2 aliphatic heterocycles. The first-order valence-electron chi connectivity index (χ1n) is 15.6. The normalized spacial score (nSPS) is 20.5. The predicted molar refractivity (Wildman–Crippen MR) is 167 cm³/mol. The van der Waals surface area contributed by atoms with Crippen LogP contribution in [0.3, 0.4) is 0 Å². The van der Waals surface area contributed by atoms with E-state index in [1.54, 1.807) is 30.4 Å². The molecule has 0 saturated carbocycles. The molecule has 0 radical (unpaired) electrons. The molecule has 5 rings (SSSR count). The maximum atomic E-state index is 13.6. The largest absolute Gasteiger partial charge is 0.497 e. The van der Waals surface area contributed by atoms with Crippen LogP contribution in [0.4, 0.5) is 0 Å². The summed E-state index contributed by atoms with van der Waals surface area (Å²) in [6, 6.07) is 10.8. The number of rotatable bonds is 7. The van der Waals surface area contributed by atoms with Crippen LogP contribution in [-0.4, -0.2) is 107 Å². The highest BCUT2D eigenvalue weighted by Gasteiger charge is 2.39. The summed E-state index contributed by atoms with van der Waals surface area (Å²) in [5, 5.41) is 17.3. The lowest BCUT2D eigenvalue weighted by Crippen LogP contribution is -2.59. The second kappa shape index (κ2) is 16.2. The van der Waals surface area contributed by atoms with Crippen LogP contribution in [0.25, 0.3) is 0 Å². The molecule has 4 heterocycles. The van der Waals surface area contributed by atoms with Crippen LogP contribution in [0, 0.1) is 0 Å². The number of amides is 3. The smallest absolute Gasteiger partial charge is 0.246 e. The van der Waals surface area contributed by atoms with Gasteiger partial charge in [-0.3, -0.25) is 24.3 Å². The van der Waals surface area contributed by atoms with Crippen molar-refractivity contribution in [3.05, 3.63) is 71.8 Å². The first kappa shape index (κ1) is 33.0. The van der Waals surface area contributed by atoms with Gasteiger partial charge in [-0.2, -0.15) is 0 Å². The molecule has 2 saturated heterocycles. The zero-order valence-electron chi connectivity index (χ0n) is 26.2. The number of hydrogen-bond donors (Lipinski definition) is 3. The Bertz CT molecular complexity index is 1440. The molecular weight excluding hydrogens is 592 g/mol. The molecule has 3 amide bonds. The van der Waals surface area contributed by atoms with Crippen molar-refractivity contribution >= 4 is 17.7 Å². The quantitative estimate of drug-likeness (QED) is 0.333. The molecule has 46 heavy (non-hydrogen) atoms. The van der Waals surface area contributed by atoms with Gasteiger partial charge in [0.1, 0.15) is 18.4 Å². The third-order valence-electron chi connectivity index (χ3n) is 8.13. The lowest BCUT2D eigenvalue weighted by atomic mass is 9.83. The van der Waals surface area contributed by atoms with Crippen LogP contribution in [-0.2, 0) is 43.4 Å². The molecule has 1 atom stereocenters. The number of nitrogens with one attached hydrogen (secondary N) is 3. The van der Waals surface area contributed by atoms with Gasteiger partial charge >= 0.3 is 0 Å². The standard InChI is InChI=1S/C32H42N8O6/c1-44-27-6-2-4-24(16-27)20-39-11-7-32(8-12-39)18-29(41)35-28(31(43)34-10-13-45-14-15-46-23-30(42)36-32)17-26-22-40(38-37-26)21-25-5-3-9-33-19-25/h2-6,9,16,19,22,28H,7-8,10-15,17-18,20-21,23H2,1H3,(H,34,43)(H,35,41)(H,36,42)/t28-/m1/s1. The van der Waals surface area contributed by atoms with Crippen molar-refractivity contribution in [2.75, 3.05) is 53.2 Å². The third kappa shape index (κ3) is 9.80. The molecule has 246 valence electrons. The Morgan fingerprint density at radius 2 is 1.83 bits per heavy atom. The molecule has 3 N–H and O–H groups in total. The number of pyridine rings is 1. The summed E-state index contributed by atoms with van der Waals surface area (Å²) in [4.78, 5) is 46.3. The summed E-state index contributed by atoms with van der Waals surface area (Å²) in [7, 11) is 1.65. The highest BCUT2D eigenvalue weighted by Crippen LogP contribution is 2.28. The van der Waals surface area contributed by atoms with Crippen LogP contribution in [0.2, 0.25) is 0 Å². The molecule has 0 unspecified atom stereocenters. The summed E-state index contributed by atoms with van der Waals surface area (Å²) in [6.07, 6.45) is 6.49. The fourth-order valence-electron chi connectivity index (χ4n) is 5.76. The molecule has 1 aromatic carbocycles. The second-order valence-corrected chi connectivity index (χ2v) is 11.7. The van der Waals surface area contributed by atoms with Gasteiger partial charge in [0.2, 0.25) is 17.7 Å². The maximum Gasteiger partial charge on any atom is 0.246 e. The molecule has 2 fully saturated rings. The molecule has 0 aliphatic carbocycles. The van der Waals surface area contributed by atoms with Crippen LogP contribution < -0.4 is 20.7 Å². The van der Waals surface area contributed by atoms with Gasteiger partial charge in [-0.05, 0) is 42.2 Å². The second-order valence-electron chi connectivity index (χ2n) is 11.7. The number of methoxy groups -OCH3 is 1. The van der Waals surface area contributed by atoms with Gasteiger partial charge in [-0.15, -0.1) is 5.10 Å². The number of hydrogen-bond acceptors (Lipinski definition) is 10. The number of piperidine rings is 1. The van der Waals surface area contributed by atoms with Crippen molar-refractivity contribution in [1.82, 2.24) is 40.8 Å². The van der Waals surface area contributed by atoms with E-state index >= 15 is 0 Å². The van der Waals surface area contributed by atoms with Gasteiger partial charge < -0.3 is 30.2 Å². The Kier molecular flexibility index (Phi) is 11.6. The zero-order valence-corrected chi connectivity index (χ0v) is 26.2. The van der Waals surface area contributed by atoms with E-state index in [0.717, 1.165) is 23.4 Å². The molecule has 2 aliphatic rings. The SMILES string of the molecule is COc1cccc(CN2CCC3(CC2)CC(=O)N[C@H](Cc2cn(Cc4cccnc4)nn2)C(=O)NCCOCCOCC(=O)N3)c1. The fraction of sp³-hybridized carbons (Fsp3) is 0.500. The van der Waals surface area contributed by atoms with Crippen molar-refractivity contribution in [3.8, 4) is 5.75 Å². The van der Waals surface area contributed by atoms with Crippen molar-refractivity contribution in [1.29, 1.82) is 0 Å². The molecule has 14 heteroatoms. The average molecular weight is 635 g/mol. The van der Waals surface area contributed by atoms with Crippen LogP contribution in [0.5, 0.6) is 5.75 Å². The van der Waals surface area contributed by atoms with E-state index in [1.165, 1.54) is 0 Å². The Morgan fingerprint density at radius 1 is 1.00 bits per heavy atom. The van der Waals surface area contributed by atoms with E-state index in [1.807, 2.05) is 30.3 Å². The topological polar surface area (TPSA) is 162 Å². The fourth-order valence-corrected chi connectivity index (χ4v) is 5.76. The van der Waals surface area contributed by atoms with Gasteiger partial charge in [0.25, 0.3) is 0 Å². The van der Waals surface area contributed by atoms with Gasteiger partial charge in [-0.1, -0.05) is 23.4 Å². The van der Waals surface area contributed by atoms with E-state index in [4.69, 9.17) is 14.2 Å². The number of nitrogens with zero attached hydrogens (tertiary/aromatic N) is 5. The summed E-state index contributed by atoms with van der Waals surface area (Å²) in [6.45, 7) is 3.45. The molecule has 2 aromatic heterocycles. The Balaban J connectivity index is 1.27. The van der Waals surface area contributed by atoms with Crippen molar-refractivity contribution in [2.45, 2.75) is 50.4 Å². The summed E-state index contributed by atoms with van der Waals surface area (Å²) >= 11 is 0. The lowest BCUT2D eigenvalue weighted by Gasteiger charge is -2.42. The number of ether oxygens (including phenoxy) is 3. The van der Waals surface area contributed by atoms with E-state index in [2.05, 4.69) is 42.2 Å². The number of likely N-dealkylation sites (tertiary alicyclic amines) is 1. The van der Waals surface area contributed by atoms with E-state index < -0.39 is 11.6 Å². The summed E-state index contributed by atoms with van der Waals surface area (Å²) < 4.78 is 18.1. The highest BCUT2D eigenvalue weighted by molar-refractivity contribution is 5.88. The molecule has 14 nitrogen and oxygen atoms in total. The minimum atomic E-state index is -0.895. The number of benzene rings is 1. The van der Waals surface area contributed by atoms with E-state index in [-0.39, 0.29) is 63.5 Å². The number of aromatic nitrogens is 4. The van der Waals surface area contributed by atoms with Crippen molar-refractivity contribution < 1.29 is 28.6 Å². The minimum absolute atomic E-state index is 0.0202. The van der Waals surface area contributed by atoms with Gasteiger partial charge in [0.05, 0.1) is 44.7 Å². The molecule has 3 aromatic rings. The Morgan fingerprint density at radius 3 is 2.63 bits per heavy atom. The Labute approximate surface area is 268 Å². The van der Waals surface area contributed by atoms with Crippen LogP contribution in [0.1, 0.15) is 36.1 Å². The monoisotopic (exact) mass is 634 g/mol. The summed E-state index contributed by atoms with van der Waals surface area (Å²) in [5.74, 6) is -0.185. The van der Waals surface area contributed by atoms with Crippen LogP contribution in [0.15, 0.2) is 55.0 Å². The first-order chi connectivity index (χ1) is 22.4. The van der Waals surface area contributed by atoms with Crippen molar-refractivity contribution in [3.63, 3.8) is 0 Å². The molecular formula is C32H42N8O6. The third-order valence-corrected chi connectivity index (χ3v) is 8.13. The van der Waals surface area contributed by atoms with Gasteiger partial charge in [0, 0.05) is 57.6 Å². The minimum Gasteiger partial charge on any atom is -0.497 e. The lowest BCUT2D eigenvalue weighted by molar-refractivity contribution is -0.133. The maximum absolute atomic E-state index is 13.6. The Hall–Kier alpha value is -4.40. The zero-order chi connectivity index (χ0) is 32.2. The summed E-state index contributed by atoms with van der Waals surface area (Å²) in [5.41, 5.74) is 1.84. The van der Waals surface area contributed by atoms with E-state index in [9.17, 15) is 14.4 Å². The predicted octanol–water partition coefficient (Wildman–Crippen LogP) is 0.461. The molecule has 1 spiro atoms. The van der Waals surface area contributed by atoms with E-state index in [0.29, 0.717) is 38.2 Å². The van der Waals surface area contributed by atoms with Crippen molar-refractivity contribution in [2.24, 2.45) is 0 Å². The number of carbonyl (C=O) groups excluding carboxylic acids is 3. The molecule has 0 bridgehead atoms. The van der Waals surface area contributed by atoms with Gasteiger partial charge in [-0.25, -0.2) is 4.68 Å². The average Bonchev–Trinajstić information content (AvgIpc) is 3.49. The van der Waals surface area contributed by atoms with Crippen LogP contribution >= 0.6 is 0 Å². The first-order valence-corrected chi connectivity index (χ1v) is 15.6. The highest BCUT2D eigenvalue weighted by atomic mass is 16.5.